The number of nitrogens with zero attached hydrogens (tertiary/aromatic N) is 2. The molecule has 4 aromatic rings. The average Bonchev–Trinajstić information content (AvgIpc) is 3.07. The van der Waals surface area contributed by atoms with E-state index in [-0.39, 0.29) is 0 Å². The van der Waals surface area contributed by atoms with Crippen molar-refractivity contribution in [1.82, 2.24) is 9.55 Å². The van der Waals surface area contributed by atoms with Crippen LogP contribution in [0.2, 0.25) is 0 Å². The minimum absolute atomic E-state index is 0.675. The van der Waals surface area contributed by atoms with E-state index in [0.29, 0.717) is 6.61 Å². The summed E-state index contributed by atoms with van der Waals surface area (Å²) in [6.07, 6.45) is 0.913. The zero-order chi connectivity index (χ0) is 19.5. The molecule has 4 heteroatoms. The van der Waals surface area contributed by atoms with Gasteiger partial charge in [0.15, 0.2) is 0 Å². The van der Waals surface area contributed by atoms with Crippen molar-refractivity contribution in [2.24, 2.45) is 0 Å². The summed E-state index contributed by atoms with van der Waals surface area (Å²) in [5.74, 6) is 1.94. The number of rotatable bonds is 6. The fourth-order valence-corrected chi connectivity index (χ4v) is 3.60. The smallest absolute Gasteiger partial charge is 0.141 e. The van der Waals surface area contributed by atoms with Crippen molar-refractivity contribution in [3.63, 3.8) is 0 Å². The molecule has 28 heavy (non-hydrogen) atoms. The van der Waals surface area contributed by atoms with Gasteiger partial charge in [-0.05, 0) is 67.8 Å². The lowest BCUT2D eigenvalue weighted by Crippen LogP contribution is -2.06. The normalized spacial score (nSPS) is 11.1. The summed E-state index contributed by atoms with van der Waals surface area (Å²) in [6.45, 7) is 5.77. The first-order valence-electron chi connectivity index (χ1n) is 9.53. The van der Waals surface area contributed by atoms with Crippen LogP contribution in [0.25, 0.3) is 22.4 Å². The molecule has 0 amide bonds. The first-order valence-corrected chi connectivity index (χ1v) is 10.3. The second-order valence-electron chi connectivity index (χ2n) is 7.03. The van der Waals surface area contributed by atoms with E-state index in [9.17, 15) is 0 Å². The Bertz CT molecular complexity index is 1100. The summed E-state index contributed by atoms with van der Waals surface area (Å²) >= 11 is 3.51. The Morgan fingerprint density at radius 3 is 2.50 bits per heavy atom. The predicted octanol–water partition coefficient (Wildman–Crippen LogP) is 6.55. The number of aromatic nitrogens is 2. The predicted molar refractivity (Wildman–Crippen MR) is 119 cm³/mol. The van der Waals surface area contributed by atoms with Gasteiger partial charge >= 0.3 is 0 Å². The molecule has 0 spiro atoms. The van der Waals surface area contributed by atoms with Gasteiger partial charge in [-0.3, -0.25) is 0 Å². The summed E-state index contributed by atoms with van der Waals surface area (Å²) < 4.78 is 9.34. The average molecular weight is 435 g/mol. The third-order valence-corrected chi connectivity index (χ3v) is 5.56. The van der Waals surface area contributed by atoms with Crippen molar-refractivity contribution in [2.45, 2.75) is 26.8 Å². The molecule has 0 atom stereocenters. The molecular formula is C24H23BrN2O. The summed E-state index contributed by atoms with van der Waals surface area (Å²) in [7, 11) is 0. The molecule has 142 valence electrons. The zero-order valence-corrected chi connectivity index (χ0v) is 17.7. The maximum atomic E-state index is 5.97. The van der Waals surface area contributed by atoms with Crippen LogP contribution in [0.3, 0.4) is 0 Å². The quantitative estimate of drug-likeness (QED) is 0.321. The zero-order valence-electron chi connectivity index (χ0n) is 16.2. The van der Waals surface area contributed by atoms with E-state index in [1.165, 1.54) is 11.1 Å². The standard InChI is InChI=1S/C24H23BrN2O/c1-17-8-13-21(16-18(17)2)28-15-5-14-27-23-7-4-3-6-22(23)26-24(27)19-9-11-20(25)12-10-19/h3-4,6-13,16H,5,14-15H2,1-2H3. The summed E-state index contributed by atoms with van der Waals surface area (Å²) in [4.78, 5) is 4.88. The minimum atomic E-state index is 0.675. The SMILES string of the molecule is Cc1ccc(OCCCn2c(-c3ccc(Br)cc3)nc3ccccc32)cc1C. The Balaban J connectivity index is 1.53. The van der Waals surface area contributed by atoms with Crippen LogP contribution in [-0.4, -0.2) is 16.2 Å². The van der Waals surface area contributed by atoms with Gasteiger partial charge in [-0.25, -0.2) is 4.98 Å². The highest BCUT2D eigenvalue weighted by atomic mass is 79.9. The van der Waals surface area contributed by atoms with Crippen molar-refractivity contribution in [3.8, 4) is 17.1 Å². The van der Waals surface area contributed by atoms with Crippen LogP contribution in [0.1, 0.15) is 17.5 Å². The van der Waals surface area contributed by atoms with Crippen molar-refractivity contribution < 1.29 is 4.74 Å². The Labute approximate surface area is 174 Å². The monoisotopic (exact) mass is 434 g/mol. The van der Waals surface area contributed by atoms with E-state index in [4.69, 9.17) is 9.72 Å². The van der Waals surface area contributed by atoms with E-state index < -0.39 is 0 Å². The number of hydrogen-bond donors (Lipinski definition) is 0. The lowest BCUT2D eigenvalue weighted by atomic mass is 10.1. The highest BCUT2D eigenvalue weighted by Crippen LogP contribution is 2.26. The van der Waals surface area contributed by atoms with Gasteiger partial charge in [-0.1, -0.05) is 46.3 Å². The highest BCUT2D eigenvalue weighted by Gasteiger charge is 2.12. The summed E-state index contributed by atoms with van der Waals surface area (Å²) in [6, 6.07) is 22.9. The van der Waals surface area contributed by atoms with Gasteiger partial charge in [0.1, 0.15) is 11.6 Å². The minimum Gasteiger partial charge on any atom is -0.494 e. The Morgan fingerprint density at radius 2 is 1.71 bits per heavy atom. The molecule has 0 fully saturated rings. The van der Waals surface area contributed by atoms with E-state index in [1.54, 1.807) is 0 Å². The molecule has 0 N–H and O–H groups in total. The van der Waals surface area contributed by atoms with E-state index >= 15 is 0 Å². The molecule has 0 saturated carbocycles. The largest absolute Gasteiger partial charge is 0.494 e. The molecule has 0 aliphatic rings. The first-order chi connectivity index (χ1) is 13.6. The van der Waals surface area contributed by atoms with Crippen molar-refractivity contribution in [3.05, 3.63) is 82.3 Å². The topological polar surface area (TPSA) is 27.1 Å². The van der Waals surface area contributed by atoms with Crippen LogP contribution < -0.4 is 4.74 Å². The first kappa shape index (κ1) is 18.8. The van der Waals surface area contributed by atoms with Crippen LogP contribution in [0.5, 0.6) is 5.75 Å². The number of halogens is 1. The molecule has 3 nitrogen and oxygen atoms in total. The Morgan fingerprint density at radius 1 is 0.929 bits per heavy atom. The summed E-state index contributed by atoms with van der Waals surface area (Å²) in [5.41, 5.74) is 5.85. The number of ether oxygens (including phenoxy) is 1. The van der Waals surface area contributed by atoms with Crippen LogP contribution in [0, 0.1) is 13.8 Å². The molecule has 0 radical (unpaired) electrons. The lowest BCUT2D eigenvalue weighted by molar-refractivity contribution is 0.302. The second kappa shape index (κ2) is 8.19. The molecule has 0 unspecified atom stereocenters. The highest BCUT2D eigenvalue weighted by molar-refractivity contribution is 9.10. The Kier molecular flexibility index (Phi) is 5.49. The van der Waals surface area contributed by atoms with Crippen molar-refractivity contribution >= 4 is 27.0 Å². The van der Waals surface area contributed by atoms with Gasteiger partial charge in [-0.2, -0.15) is 0 Å². The molecule has 0 aliphatic heterocycles. The molecule has 3 aromatic carbocycles. The second-order valence-corrected chi connectivity index (χ2v) is 7.95. The molecule has 0 bridgehead atoms. The number of hydrogen-bond acceptors (Lipinski definition) is 2. The van der Waals surface area contributed by atoms with Crippen LogP contribution in [-0.2, 0) is 6.54 Å². The number of para-hydroxylation sites is 2. The third kappa shape index (κ3) is 3.97. The fraction of sp³-hybridized carbons (Fsp3) is 0.208. The van der Waals surface area contributed by atoms with Gasteiger partial charge in [0.05, 0.1) is 17.6 Å². The van der Waals surface area contributed by atoms with Gasteiger partial charge in [-0.15, -0.1) is 0 Å². The summed E-state index contributed by atoms with van der Waals surface area (Å²) in [5, 5.41) is 0. The van der Waals surface area contributed by atoms with Crippen LogP contribution in [0.15, 0.2) is 71.2 Å². The van der Waals surface area contributed by atoms with Gasteiger partial charge < -0.3 is 9.30 Å². The number of benzene rings is 3. The molecule has 0 aliphatic carbocycles. The van der Waals surface area contributed by atoms with Gasteiger partial charge in [0.2, 0.25) is 0 Å². The van der Waals surface area contributed by atoms with Gasteiger partial charge in [0, 0.05) is 16.6 Å². The molecule has 0 saturated heterocycles. The third-order valence-electron chi connectivity index (χ3n) is 5.03. The fourth-order valence-electron chi connectivity index (χ4n) is 3.34. The van der Waals surface area contributed by atoms with Crippen molar-refractivity contribution in [1.29, 1.82) is 0 Å². The van der Waals surface area contributed by atoms with E-state index in [1.807, 2.05) is 12.1 Å². The van der Waals surface area contributed by atoms with Crippen LogP contribution >= 0.6 is 15.9 Å². The molecule has 1 heterocycles. The van der Waals surface area contributed by atoms with Crippen LogP contribution in [0.4, 0.5) is 0 Å². The van der Waals surface area contributed by atoms with Gasteiger partial charge in [0.25, 0.3) is 0 Å². The van der Waals surface area contributed by atoms with Crippen molar-refractivity contribution in [2.75, 3.05) is 6.61 Å². The van der Waals surface area contributed by atoms with E-state index in [0.717, 1.165) is 45.6 Å². The Hall–Kier alpha value is -2.59. The number of aryl methyl sites for hydroxylation is 3. The maximum Gasteiger partial charge on any atom is 0.141 e. The molecule has 1 aromatic heterocycles. The number of imidazole rings is 1. The maximum absolute atomic E-state index is 5.97. The van der Waals surface area contributed by atoms with E-state index in [2.05, 4.69) is 88.9 Å². The molecular weight excluding hydrogens is 412 g/mol. The lowest BCUT2D eigenvalue weighted by Gasteiger charge is -2.11. The molecule has 4 rings (SSSR count). The number of fused-ring (bicyclic) bond motifs is 1.